The number of nitro benzene ring substituents is 1. The van der Waals surface area contributed by atoms with Crippen LogP contribution in [0.3, 0.4) is 0 Å². The number of nitro groups is 1. The highest BCUT2D eigenvalue weighted by molar-refractivity contribution is 6.30. The van der Waals surface area contributed by atoms with Gasteiger partial charge in [0.05, 0.1) is 10.5 Å². The second kappa shape index (κ2) is 11.3. The lowest BCUT2D eigenvalue weighted by molar-refractivity contribution is -0.384. The number of alkyl halides is 3. The van der Waals surface area contributed by atoms with Gasteiger partial charge in [-0.3, -0.25) is 10.1 Å². The van der Waals surface area contributed by atoms with Crippen LogP contribution < -0.4 is 10.1 Å². The van der Waals surface area contributed by atoms with Crippen molar-refractivity contribution in [2.24, 2.45) is 0 Å². The molecule has 180 valence electrons. The van der Waals surface area contributed by atoms with E-state index in [9.17, 15) is 28.4 Å². The van der Waals surface area contributed by atoms with Crippen LogP contribution in [0.5, 0.6) is 5.75 Å². The number of halogens is 4. The first-order valence-corrected chi connectivity index (χ1v) is 10.7. The van der Waals surface area contributed by atoms with Crippen molar-refractivity contribution in [2.75, 3.05) is 19.7 Å². The molecule has 6 nitrogen and oxygen atoms in total. The van der Waals surface area contributed by atoms with Crippen LogP contribution in [-0.4, -0.2) is 35.8 Å². The van der Waals surface area contributed by atoms with Gasteiger partial charge in [0.2, 0.25) is 0 Å². The Labute approximate surface area is 199 Å². The van der Waals surface area contributed by atoms with Gasteiger partial charge in [-0.1, -0.05) is 41.9 Å². The van der Waals surface area contributed by atoms with Gasteiger partial charge in [-0.05, 0) is 53.9 Å². The van der Waals surface area contributed by atoms with Gasteiger partial charge in [0.1, 0.15) is 18.5 Å². The fraction of sp³-hybridized carbons (Fsp3) is 0.250. The van der Waals surface area contributed by atoms with Crippen LogP contribution in [0.15, 0.2) is 66.7 Å². The molecule has 0 radical (unpaired) electrons. The minimum atomic E-state index is -4.51. The van der Waals surface area contributed by atoms with E-state index in [-0.39, 0.29) is 29.4 Å². The Bertz CT molecular complexity index is 1110. The van der Waals surface area contributed by atoms with Gasteiger partial charge in [-0.15, -0.1) is 0 Å². The molecule has 1 atom stereocenters. The number of non-ortho nitro benzene ring substituents is 1. The van der Waals surface area contributed by atoms with Gasteiger partial charge in [-0.25, -0.2) is 0 Å². The molecule has 0 aliphatic heterocycles. The molecule has 10 heteroatoms. The summed E-state index contributed by atoms with van der Waals surface area (Å²) in [5, 5.41) is 23.8. The molecule has 0 aliphatic carbocycles. The number of hydrogen-bond donors (Lipinski definition) is 2. The third-order valence-electron chi connectivity index (χ3n) is 5.01. The second-order valence-electron chi connectivity index (χ2n) is 7.55. The molecule has 0 aliphatic rings. The standard InChI is InChI=1S/C24H22ClF3N2O4/c25-18-5-10-22(23(13-18)24(26,27)28)17-3-1-16(2-4-17)11-12-29-14-20(31)15-34-21-8-6-19(7-9-21)30(32)33/h1-10,13,20,29,31H,11-12,14-15H2. The monoisotopic (exact) mass is 494 g/mol. The lowest BCUT2D eigenvalue weighted by Gasteiger charge is -2.14. The second-order valence-corrected chi connectivity index (χ2v) is 7.99. The van der Waals surface area contributed by atoms with Crippen molar-refractivity contribution in [1.29, 1.82) is 0 Å². The van der Waals surface area contributed by atoms with Crippen LogP contribution >= 0.6 is 11.6 Å². The zero-order valence-electron chi connectivity index (χ0n) is 17.9. The minimum absolute atomic E-state index is 0.0160. The Balaban J connectivity index is 1.45. The first-order chi connectivity index (χ1) is 16.1. The van der Waals surface area contributed by atoms with E-state index in [1.54, 1.807) is 24.3 Å². The van der Waals surface area contributed by atoms with Crippen LogP contribution in [0, 0.1) is 10.1 Å². The molecule has 0 aromatic heterocycles. The molecular formula is C24H22ClF3N2O4. The summed E-state index contributed by atoms with van der Waals surface area (Å²) >= 11 is 5.74. The number of hydrogen-bond acceptors (Lipinski definition) is 5. The van der Waals surface area contributed by atoms with E-state index >= 15 is 0 Å². The summed E-state index contributed by atoms with van der Waals surface area (Å²) in [6, 6.07) is 16.1. The Morgan fingerprint density at radius 3 is 2.35 bits per heavy atom. The first-order valence-electron chi connectivity index (χ1n) is 10.4. The Morgan fingerprint density at radius 2 is 1.74 bits per heavy atom. The van der Waals surface area contributed by atoms with Crippen molar-refractivity contribution in [3.05, 3.63) is 93.0 Å². The number of rotatable bonds is 10. The van der Waals surface area contributed by atoms with Crippen molar-refractivity contribution < 1.29 is 27.9 Å². The lowest BCUT2D eigenvalue weighted by Crippen LogP contribution is -2.32. The van der Waals surface area contributed by atoms with E-state index in [4.69, 9.17) is 16.3 Å². The molecule has 34 heavy (non-hydrogen) atoms. The molecule has 0 saturated heterocycles. The fourth-order valence-corrected chi connectivity index (χ4v) is 3.44. The maximum atomic E-state index is 13.3. The molecule has 0 fully saturated rings. The topological polar surface area (TPSA) is 84.6 Å². The molecular weight excluding hydrogens is 473 g/mol. The van der Waals surface area contributed by atoms with Crippen molar-refractivity contribution in [1.82, 2.24) is 5.32 Å². The maximum absolute atomic E-state index is 13.3. The van der Waals surface area contributed by atoms with Gasteiger partial charge in [0, 0.05) is 23.7 Å². The first kappa shape index (κ1) is 25.5. The molecule has 3 aromatic rings. The number of benzene rings is 3. The van der Waals surface area contributed by atoms with Crippen molar-refractivity contribution >= 4 is 17.3 Å². The normalized spacial score (nSPS) is 12.4. The summed E-state index contributed by atoms with van der Waals surface area (Å²) in [5.74, 6) is 0.416. The van der Waals surface area contributed by atoms with E-state index in [1.165, 1.54) is 36.4 Å². The van der Waals surface area contributed by atoms with Gasteiger partial charge >= 0.3 is 6.18 Å². The van der Waals surface area contributed by atoms with Crippen LogP contribution in [0.2, 0.25) is 5.02 Å². The number of nitrogens with one attached hydrogen (secondary N) is 1. The summed E-state index contributed by atoms with van der Waals surface area (Å²) < 4.78 is 45.4. The van der Waals surface area contributed by atoms with Crippen LogP contribution in [0.4, 0.5) is 18.9 Å². The largest absolute Gasteiger partial charge is 0.491 e. The zero-order valence-corrected chi connectivity index (χ0v) is 18.6. The molecule has 3 rings (SSSR count). The Hall–Kier alpha value is -3.14. The number of ether oxygens (including phenoxy) is 1. The SMILES string of the molecule is O=[N+]([O-])c1ccc(OCC(O)CNCCc2ccc(-c3ccc(Cl)cc3C(F)(F)F)cc2)cc1. The highest BCUT2D eigenvalue weighted by atomic mass is 35.5. The van der Waals surface area contributed by atoms with Crippen molar-refractivity contribution in [3.8, 4) is 16.9 Å². The molecule has 1 unspecified atom stereocenters. The molecule has 0 amide bonds. The number of nitrogens with zero attached hydrogens (tertiary/aromatic N) is 1. The molecule has 0 spiro atoms. The van der Waals surface area contributed by atoms with Gasteiger partial charge in [0.25, 0.3) is 5.69 Å². The lowest BCUT2D eigenvalue weighted by atomic mass is 9.98. The predicted molar refractivity (Wildman–Crippen MR) is 123 cm³/mol. The summed E-state index contributed by atoms with van der Waals surface area (Å²) in [5.41, 5.74) is 0.614. The molecule has 3 aromatic carbocycles. The number of aliphatic hydroxyl groups is 1. The van der Waals surface area contributed by atoms with E-state index < -0.39 is 22.8 Å². The number of aliphatic hydroxyl groups excluding tert-OH is 1. The summed E-state index contributed by atoms with van der Waals surface area (Å²) in [7, 11) is 0. The predicted octanol–water partition coefficient (Wildman–Crippen LogP) is 5.51. The highest BCUT2D eigenvalue weighted by Crippen LogP contribution is 2.38. The molecule has 0 saturated carbocycles. The zero-order chi connectivity index (χ0) is 24.7. The minimum Gasteiger partial charge on any atom is -0.491 e. The van der Waals surface area contributed by atoms with E-state index in [0.29, 0.717) is 24.3 Å². The van der Waals surface area contributed by atoms with Crippen molar-refractivity contribution in [2.45, 2.75) is 18.7 Å². The third-order valence-corrected chi connectivity index (χ3v) is 5.25. The average molecular weight is 495 g/mol. The van der Waals surface area contributed by atoms with E-state index in [2.05, 4.69) is 5.32 Å². The quantitative estimate of drug-likeness (QED) is 0.221. The van der Waals surface area contributed by atoms with Gasteiger partial charge < -0.3 is 15.2 Å². The molecule has 0 bridgehead atoms. The van der Waals surface area contributed by atoms with Crippen LogP contribution in [0.1, 0.15) is 11.1 Å². The Kier molecular flexibility index (Phi) is 8.49. The smallest absolute Gasteiger partial charge is 0.417 e. The summed E-state index contributed by atoms with van der Waals surface area (Å²) in [4.78, 5) is 10.1. The van der Waals surface area contributed by atoms with Gasteiger partial charge in [0.15, 0.2) is 0 Å². The molecule has 2 N–H and O–H groups in total. The molecule has 0 heterocycles. The average Bonchev–Trinajstić information content (AvgIpc) is 2.80. The summed E-state index contributed by atoms with van der Waals surface area (Å²) in [6.45, 7) is 0.829. The van der Waals surface area contributed by atoms with Crippen LogP contribution in [-0.2, 0) is 12.6 Å². The third kappa shape index (κ3) is 7.18. The van der Waals surface area contributed by atoms with E-state index in [0.717, 1.165) is 11.6 Å². The van der Waals surface area contributed by atoms with Crippen molar-refractivity contribution in [3.63, 3.8) is 0 Å². The van der Waals surface area contributed by atoms with Gasteiger partial charge in [-0.2, -0.15) is 13.2 Å². The summed E-state index contributed by atoms with van der Waals surface area (Å²) in [6.07, 6.45) is -4.68. The van der Waals surface area contributed by atoms with Crippen LogP contribution in [0.25, 0.3) is 11.1 Å². The highest BCUT2D eigenvalue weighted by Gasteiger charge is 2.33. The fourth-order valence-electron chi connectivity index (χ4n) is 3.27. The Morgan fingerprint density at radius 1 is 1.06 bits per heavy atom. The van der Waals surface area contributed by atoms with E-state index in [1.807, 2.05) is 0 Å². The maximum Gasteiger partial charge on any atom is 0.417 e.